The minimum absolute atomic E-state index is 0.246. The van der Waals surface area contributed by atoms with E-state index in [-0.39, 0.29) is 5.38 Å². The third-order valence-corrected chi connectivity index (χ3v) is 64.8. The lowest BCUT2D eigenvalue weighted by molar-refractivity contribution is 0.278. The van der Waals surface area contributed by atoms with Crippen LogP contribution in [-0.2, 0) is 12.3 Å². The normalized spacial score (nSPS) is 16.1. The predicted octanol–water partition coefficient (Wildman–Crippen LogP) is 8.92. The average molecular weight is 622 g/mol. The van der Waals surface area contributed by atoms with Crippen molar-refractivity contribution in [1.82, 2.24) is 0 Å². The van der Waals surface area contributed by atoms with Crippen molar-refractivity contribution < 1.29 is 12.3 Å². The van der Waals surface area contributed by atoms with Crippen LogP contribution in [0.4, 0.5) is 0 Å². The molecule has 0 heterocycles. The summed E-state index contributed by atoms with van der Waals surface area (Å²) in [5.74, 6) is 0. The number of allylic oxidation sites excluding steroid dienone is 1. The molecular weight excluding hydrogens is 568 g/mol. The number of halogens is 1. The molecule has 0 N–H and O–H groups in total. The molecule has 0 aliphatic heterocycles. The summed E-state index contributed by atoms with van der Waals surface area (Å²) >= 11 is 6.92. The highest BCUT2D eigenvalue weighted by Gasteiger charge is 2.58. The summed E-state index contributed by atoms with van der Waals surface area (Å²) in [4.78, 5) is 0. The van der Waals surface area contributed by atoms with E-state index in [1.807, 2.05) is 18.2 Å². The van der Waals surface area contributed by atoms with E-state index in [2.05, 4.69) is 122 Å². The van der Waals surface area contributed by atoms with Crippen molar-refractivity contribution in [3.8, 4) is 0 Å². The van der Waals surface area contributed by atoms with Gasteiger partial charge in [0.1, 0.15) is 0 Å². The number of alkyl halides is 1. The number of benzene rings is 1. The van der Waals surface area contributed by atoms with Crippen LogP contribution >= 0.6 is 11.6 Å². The van der Waals surface area contributed by atoms with Crippen LogP contribution in [-0.4, -0.2) is 55.1 Å². The SMILES string of the molecule is C[Si](C)(C)[Si](C)(C)O[Si](C=CC(Cl)c1ccccc1)(O[Si](C)(C)[Si](C)(C)C)O[Si](C)(C)[Si](C)(C)C. The highest BCUT2D eigenvalue weighted by atomic mass is 35.5. The molecule has 0 bridgehead atoms. The first-order valence-electron chi connectivity index (χ1n) is 12.8. The molecule has 0 radical (unpaired) electrons. The molecule has 11 heteroatoms. The van der Waals surface area contributed by atoms with Crippen LogP contribution in [0.5, 0.6) is 0 Å². The lowest BCUT2D eigenvalue weighted by Crippen LogP contribution is -2.72. The van der Waals surface area contributed by atoms with Crippen LogP contribution in [0.1, 0.15) is 10.9 Å². The van der Waals surface area contributed by atoms with Gasteiger partial charge in [-0.1, -0.05) is 95.3 Å². The lowest BCUT2D eigenvalue weighted by atomic mass is 10.1. The fraction of sp³-hybridized carbons (Fsp3) is 0.667. The molecule has 0 amide bonds. The van der Waals surface area contributed by atoms with Crippen molar-refractivity contribution in [2.75, 3.05) is 0 Å². The van der Waals surface area contributed by atoms with Gasteiger partial charge >= 0.3 is 8.80 Å². The van der Waals surface area contributed by atoms with Crippen LogP contribution in [0, 0.1) is 0 Å². The summed E-state index contributed by atoms with van der Waals surface area (Å²) in [5.41, 5.74) is 3.27. The smallest absolute Gasteiger partial charge is 0.416 e. The van der Waals surface area contributed by atoms with Gasteiger partial charge in [-0.3, -0.25) is 0 Å². The number of hydrogen-bond donors (Lipinski definition) is 0. The first-order valence-corrected chi connectivity index (χ1v) is 37.3. The van der Waals surface area contributed by atoms with E-state index >= 15 is 0 Å². The number of hydrogen-bond acceptors (Lipinski definition) is 3. The van der Waals surface area contributed by atoms with Gasteiger partial charge in [0, 0.05) is 0 Å². The Morgan fingerprint density at radius 2 is 0.886 bits per heavy atom. The molecule has 0 saturated carbocycles. The molecule has 0 spiro atoms. The lowest BCUT2D eigenvalue weighted by Gasteiger charge is -2.50. The largest absolute Gasteiger partial charge is 0.497 e. The van der Waals surface area contributed by atoms with Crippen molar-refractivity contribution in [2.45, 2.75) is 104 Å². The molecule has 1 unspecified atom stereocenters. The van der Waals surface area contributed by atoms with Gasteiger partial charge < -0.3 is 12.3 Å². The van der Waals surface area contributed by atoms with E-state index in [1.165, 1.54) is 0 Å². The Balaban J connectivity index is 3.79. The molecular formula is C24H53ClO3Si7. The molecule has 0 aliphatic rings. The topological polar surface area (TPSA) is 27.7 Å². The van der Waals surface area contributed by atoms with Gasteiger partial charge in [-0.15, -0.1) is 11.6 Å². The molecule has 1 atom stereocenters. The fourth-order valence-electron chi connectivity index (χ4n) is 2.64. The van der Waals surface area contributed by atoms with E-state index < -0.39 is 55.1 Å². The van der Waals surface area contributed by atoms with Gasteiger partial charge in [-0.25, -0.2) is 0 Å². The Hall–Kier alpha value is 0.648. The quantitative estimate of drug-likeness (QED) is 0.172. The Morgan fingerprint density at radius 3 is 1.17 bits per heavy atom. The summed E-state index contributed by atoms with van der Waals surface area (Å²) in [5, 5.41) is -0.246. The summed E-state index contributed by atoms with van der Waals surface area (Å²) in [7, 11) is -14.2. The van der Waals surface area contributed by atoms with E-state index in [1.54, 1.807) is 0 Å². The van der Waals surface area contributed by atoms with Crippen LogP contribution in [0.2, 0.25) is 98.2 Å². The van der Waals surface area contributed by atoms with Crippen molar-refractivity contribution in [2.24, 2.45) is 0 Å². The van der Waals surface area contributed by atoms with Gasteiger partial charge in [-0.05, 0) is 50.5 Å². The van der Waals surface area contributed by atoms with Crippen molar-refractivity contribution >= 4 is 66.7 Å². The monoisotopic (exact) mass is 620 g/mol. The average Bonchev–Trinajstić information content (AvgIpc) is 2.63. The Kier molecular flexibility index (Phi) is 11.0. The molecule has 35 heavy (non-hydrogen) atoms. The van der Waals surface area contributed by atoms with Crippen LogP contribution in [0.3, 0.4) is 0 Å². The Morgan fingerprint density at radius 1 is 0.571 bits per heavy atom. The molecule has 1 aromatic rings. The second-order valence-corrected chi connectivity index (χ2v) is 65.7. The van der Waals surface area contributed by atoms with Crippen molar-refractivity contribution in [3.63, 3.8) is 0 Å². The molecule has 1 rings (SSSR count). The number of rotatable bonds is 12. The minimum Gasteiger partial charge on any atom is -0.416 e. The molecule has 0 aliphatic carbocycles. The Labute approximate surface area is 229 Å². The molecule has 3 nitrogen and oxygen atoms in total. The third kappa shape index (κ3) is 9.12. The maximum Gasteiger partial charge on any atom is 0.497 e. The summed E-state index contributed by atoms with van der Waals surface area (Å²) < 4.78 is 22.2. The van der Waals surface area contributed by atoms with E-state index in [0.29, 0.717) is 0 Å². The van der Waals surface area contributed by atoms with E-state index in [0.717, 1.165) is 5.56 Å². The van der Waals surface area contributed by atoms with Crippen LogP contribution < -0.4 is 0 Å². The highest BCUT2D eigenvalue weighted by molar-refractivity contribution is 7.42. The Bertz CT molecular complexity index is 785. The molecule has 202 valence electrons. The first kappa shape index (κ1) is 33.7. The molecule has 0 aromatic heterocycles. The molecule has 0 fully saturated rings. The predicted molar refractivity (Wildman–Crippen MR) is 176 cm³/mol. The highest BCUT2D eigenvalue weighted by Crippen LogP contribution is 2.36. The molecule has 1 aromatic carbocycles. The zero-order chi connectivity index (χ0) is 27.7. The maximum atomic E-state index is 7.40. The van der Waals surface area contributed by atoms with Crippen molar-refractivity contribution in [3.05, 3.63) is 47.7 Å². The van der Waals surface area contributed by atoms with Gasteiger partial charge in [0.05, 0.1) is 28.2 Å². The summed E-state index contributed by atoms with van der Waals surface area (Å²) in [6.07, 6.45) is 2.10. The fourth-order valence-corrected chi connectivity index (χ4v) is 30.2. The van der Waals surface area contributed by atoms with Crippen LogP contribution in [0.25, 0.3) is 0 Å². The van der Waals surface area contributed by atoms with E-state index in [4.69, 9.17) is 23.9 Å². The van der Waals surface area contributed by atoms with Gasteiger partial charge in [0.2, 0.25) is 0 Å². The van der Waals surface area contributed by atoms with Crippen LogP contribution in [0.15, 0.2) is 42.1 Å². The van der Waals surface area contributed by atoms with Crippen molar-refractivity contribution in [1.29, 1.82) is 0 Å². The zero-order valence-electron chi connectivity index (χ0n) is 25.2. The third-order valence-electron chi connectivity index (χ3n) is 8.20. The summed E-state index contributed by atoms with van der Waals surface area (Å²) in [6.45, 7) is 36.1. The summed E-state index contributed by atoms with van der Waals surface area (Å²) in [6, 6.07) is 10.3. The minimum atomic E-state index is -3.20. The first-order chi connectivity index (χ1) is 15.4. The second-order valence-electron chi connectivity index (χ2n) is 14.4. The van der Waals surface area contributed by atoms with E-state index in [9.17, 15) is 0 Å². The van der Waals surface area contributed by atoms with Gasteiger partial charge in [-0.2, -0.15) is 0 Å². The second kappa shape index (κ2) is 11.4. The van der Waals surface area contributed by atoms with Gasteiger partial charge in [0.25, 0.3) is 0 Å². The zero-order valence-corrected chi connectivity index (χ0v) is 33.0. The maximum absolute atomic E-state index is 7.40. The standard InChI is InChI=1S/C24H53ClO3Si7/c1-29(2,3)32(10,11)26-35(27-33(12,13)30(4,5)6,28-34(14,15)31(7,8)9)22-21-24(25)23-19-17-16-18-20-23/h16-22,24H,1-15H3. The van der Waals surface area contributed by atoms with Gasteiger partial charge in [0.15, 0.2) is 23.5 Å². The molecule has 0 saturated heterocycles.